The van der Waals surface area contributed by atoms with Crippen molar-refractivity contribution in [1.29, 1.82) is 5.26 Å². The molecule has 1 aromatic rings. The highest BCUT2D eigenvalue weighted by atomic mass is 16.3. The first-order valence-corrected chi connectivity index (χ1v) is 3.65. The lowest BCUT2D eigenvalue weighted by atomic mass is 10.1. The largest absolute Gasteiger partial charge is 0.508 e. The monoisotopic (exact) mass is 162 g/mol. The zero-order valence-corrected chi connectivity index (χ0v) is 6.57. The molecule has 0 bridgehead atoms. The van der Waals surface area contributed by atoms with Crippen molar-refractivity contribution < 1.29 is 5.11 Å². The average Bonchev–Trinajstić information content (AvgIpc) is 2.05. The number of nitrogens with two attached hydrogens (primary N) is 1. The molecular weight excluding hydrogens is 152 g/mol. The molecule has 0 amide bonds. The van der Waals surface area contributed by atoms with E-state index < -0.39 is 0 Å². The van der Waals surface area contributed by atoms with Gasteiger partial charge in [-0.25, -0.2) is 0 Å². The molecule has 0 saturated carbocycles. The fraction of sp³-hybridized carbons (Fsp3) is 0.222. The number of phenolic OH excluding ortho intramolecular Hbond substituents is 1. The summed E-state index contributed by atoms with van der Waals surface area (Å²) in [5.41, 5.74) is 6.43. The molecule has 3 heteroatoms. The van der Waals surface area contributed by atoms with Crippen LogP contribution >= 0.6 is 0 Å². The standard InChI is InChI=1S/C9H10N2O/c10-5-4-9(11)7-2-1-3-8(12)6-7/h1-3,6,9,12H,4,11H2/t9-/m1/s1. The Morgan fingerprint density at radius 1 is 1.58 bits per heavy atom. The number of phenols is 1. The highest BCUT2D eigenvalue weighted by molar-refractivity contribution is 5.29. The van der Waals surface area contributed by atoms with Crippen molar-refractivity contribution >= 4 is 0 Å². The quantitative estimate of drug-likeness (QED) is 0.688. The lowest BCUT2D eigenvalue weighted by Gasteiger charge is -2.06. The number of hydrogen-bond donors (Lipinski definition) is 2. The Hall–Kier alpha value is -1.53. The second-order valence-corrected chi connectivity index (χ2v) is 2.56. The van der Waals surface area contributed by atoms with Crippen LogP contribution in [-0.4, -0.2) is 5.11 Å². The summed E-state index contributed by atoms with van der Waals surface area (Å²) in [6.07, 6.45) is 0.267. The second kappa shape index (κ2) is 3.74. The van der Waals surface area contributed by atoms with Crippen molar-refractivity contribution in [3.8, 4) is 11.8 Å². The molecule has 0 unspecified atom stereocenters. The lowest BCUT2D eigenvalue weighted by Crippen LogP contribution is -2.08. The minimum absolute atomic E-state index is 0.181. The third-order valence-corrected chi connectivity index (χ3v) is 1.61. The maximum absolute atomic E-state index is 9.09. The molecule has 0 spiro atoms. The molecule has 0 heterocycles. The molecular formula is C9H10N2O. The molecule has 1 atom stereocenters. The normalized spacial score (nSPS) is 12.0. The van der Waals surface area contributed by atoms with Crippen LogP contribution in [0.3, 0.4) is 0 Å². The third-order valence-electron chi connectivity index (χ3n) is 1.61. The number of nitriles is 1. The predicted octanol–water partition coefficient (Wildman–Crippen LogP) is 1.31. The molecule has 0 aromatic heterocycles. The molecule has 0 saturated heterocycles. The summed E-state index contributed by atoms with van der Waals surface area (Å²) >= 11 is 0. The van der Waals surface area contributed by atoms with Crippen molar-refractivity contribution in [2.45, 2.75) is 12.5 Å². The van der Waals surface area contributed by atoms with E-state index in [0.29, 0.717) is 0 Å². The number of aromatic hydroxyl groups is 1. The summed E-state index contributed by atoms with van der Waals surface area (Å²) in [6.45, 7) is 0. The van der Waals surface area contributed by atoms with Gasteiger partial charge in [0.25, 0.3) is 0 Å². The molecule has 62 valence electrons. The van der Waals surface area contributed by atoms with Gasteiger partial charge >= 0.3 is 0 Å². The summed E-state index contributed by atoms with van der Waals surface area (Å²) in [4.78, 5) is 0. The second-order valence-electron chi connectivity index (χ2n) is 2.56. The van der Waals surface area contributed by atoms with Crippen LogP contribution in [0.15, 0.2) is 24.3 Å². The molecule has 0 fully saturated rings. The fourth-order valence-corrected chi connectivity index (χ4v) is 0.972. The first kappa shape index (κ1) is 8.57. The molecule has 0 aliphatic carbocycles. The molecule has 1 aromatic carbocycles. The minimum Gasteiger partial charge on any atom is -0.508 e. The Bertz CT molecular complexity index is 304. The van der Waals surface area contributed by atoms with Crippen LogP contribution in [0.5, 0.6) is 5.75 Å². The maximum Gasteiger partial charge on any atom is 0.115 e. The van der Waals surface area contributed by atoms with Crippen LogP contribution in [0, 0.1) is 11.3 Å². The summed E-state index contributed by atoms with van der Waals surface area (Å²) in [5, 5.41) is 17.5. The molecule has 0 radical (unpaired) electrons. The van der Waals surface area contributed by atoms with Gasteiger partial charge < -0.3 is 10.8 Å². The minimum atomic E-state index is -0.304. The Labute approximate surface area is 71.1 Å². The van der Waals surface area contributed by atoms with Crippen LogP contribution in [0.4, 0.5) is 0 Å². The molecule has 3 N–H and O–H groups in total. The average molecular weight is 162 g/mol. The van der Waals surface area contributed by atoms with Crippen molar-refractivity contribution in [1.82, 2.24) is 0 Å². The summed E-state index contributed by atoms with van der Waals surface area (Å²) in [7, 11) is 0. The lowest BCUT2D eigenvalue weighted by molar-refractivity contribution is 0.473. The Kier molecular flexibility index (Phi) is 2.67. The van der Waals surface area contributed by atoms with Crippen LogP contribution in [-0.2, 0) is 0 Å². The zero-order valence-electron chi connectivity index (χ0n) is 6.57. The number of hydrogen-bond acceptors (Lipinski definition) is 3. The number of rotatable bonds is 2. The highest BCUT2D eigenvalue weighted by Crippen LogP contribution is 2.17. The molecule has 0 aliphatic heterocycles. The number of benzene rings is 1. The van der Waals surface area contributed by atoms with Gasteiger partial charge in [-0.05, 0) is 17.7 Å². The van der Waals surface area contributed by atoms with Crippen LogP contribution in [0.1, 0.15) is 18.0 Å². The van der Waals surface area contributed by atoms with Gasteiger partial charge in [-0.2, -0.15) is 5.26 Å². The Balaban J connectivity index is 2.82. The molecule has 12 heavy (non-hydrogen) atoms. The summed E-state index contributed by atoms with van der Waals surface area (Å²) in [6, 6.07) is 8.32. The first-order chi connectivity index (χ1) is 5.74. The smallest absolute Gasteiger partial charge is 0.115 e. The van der Waals surface area contributed by atoms with Gasteiger partial charge in [0.15, 0.2) is 0 Å². The fourth-order valence-electron chi connectivity index (χ4n) is 0.972. The van der Waals surface area contributed by atoms with Crippen LogP contribution < -0.4 is 5.73 Å². The topological polar surface area (TPSA) is 70.0 Å². The van der Waals surface area contributed by atoms with E-state index in [0.717, 1.165) is 5.56 Å². The van der Waals surface area contributed by atoms with Gasteiger partial charge in [-0.3, -0.25) is 0 Å². The number of nitrogens with zero attached hydrogens (tertiary/aromatic N) is 1. The molecule has 0 aliphatic rings. The van der Waals surface area contributed by atoms with Crippen molar-refractivity contribution in [3.05, 3.63) is 29.8 Å². The zero-order chi connectivity index (χ0) is 8.97. The van der Waals surface area contributed by atoms with Gasteiger partial charge in [0, 0.05) is 6.04 Å². The van der Waals surface area contributed by atoms with Gasteiger partial charge in [-0.1, -0.05) is 12.1 Å². The third kappa shape index (κ3) is 1.97. The van der Waals surface area contributed by atoms with E-state index in [1.807, 2.05) is 6.07 Å². The molecule has 3 nitrogen and oxygen atoms in total. The van der Waals surface area contributed by atoms with E-state index in [4.69, 9.17) is 16.1 Å². The van der Waals surface area contributed by atoms with E-state index in [2.05, 4.69) is 0 Å². The van der Waals surface area contributed by atoms with Gasteiger partial charge in [0.1, 0.15) is 5.75 Å². The van der Waals surface area contributed by atoms with E-state index in [9.17, 15) is 0 Å². The maximum atomic E-state index is 9.09. The first-order valence-electron chi connectivity index (χ1n) is 3.65. The van der Waals surface area contributed by atoms with Crippen molar-refractivity contribution in [3.63, 3.8) is 0 Å². The van der Waals surface area contributed by atoms with Gasteiger partial charge in [0.05, 0.1) is 12.5 Å². The van der Waals surface area contributed by atoms with E-state index in [1.165, 1.54) is 0 Å². The van der Waals surface area contributed by atoms with Crippen molar-refractivity contribution in [2.75, 3.05) is 0 Å². The summed E-state index contributed by atoms with van der Waals surface area (Å²) < 4.78 is 0. The highest BCUT2D eigenvalue weighted by Gasteiger charge is 2.04. The predicted molar refractivity (Wildman–Crippen MR) is 45.3 cm³/mol. The van der Waals surface area contributed by atoms with Gasteiger partial charge in [0.2, 0.25) is 0 Å². The van der Waals surface area contributed by atoms with Crippen LogP contribution in [0.2, 0.25) is 0 Å². The van der Waals surface area contributed by atoms with Crippen molar-refractivity contribution in [2.24, 2.45) is 5.73 Å². The van der Waals surface area contributed by atoms with Gasteiger partial charge in [-0.15, -0.1) is 0 Å². The van der Waals surface area contributed by atoms with Crippen LogP contribution in [0.25, 0.3) is 0 Å². The SMILES string of the molecule is N#CC[C@@H](N)c1cccc(O)c1. The van der Waals surface area contributed by atoms with E-state index in [-0.39, 0.29) is 18.2 Å². The van der Waals surface area contributed by atoms with E-state index in [1.54, 1.807) is 24.3 Å². The Morgan fingerprint density at radius 2 is 2.33 bits per heavy atom. The summed E-state index contributed by atoms with van der Waals surface area (Å²) in [5.74, 6) is 0.181. The Morgan fingerprint density at radius 3 is 2.92 bits per heavy atom. The van der Waals surface area contributed by atoms with E-state index >= 15 is 0 Å². The molecule has 1 rings (SSSR count).